The van der Waals surface area contributed by atoms with Crippen molar-refractivity contribution in [3.63, 3.8) is 0 Å². The Labute approximate surface area is 116 Å². The summed E-state index contributed by atoms with van der Waals surface area (Å²) in [6.07, 6.45) is 1.81. The molecular weight excluding hydrogens is 258 g/mol. The smallest absolute Gasteiger partial charge is 0.335 e. The maximum absolute atomic E-state index is 11.8. The standard InChI is InChI=1S/C15H15NO4/c1-19-13-5-3-2-4-11(13)8-9-16-15(18)12-6-7-14(17)20-10-12/h2-7,10H,8-9H2,1H3,(H,16,18). The van der Waals surface area contributed by atoms with Gasteiger partial charge in [-0.15, -0.1) is 0 Å². The van der Waals surface area contributed by atoms with Crippen molar-refractivity contribution in [1.29, 1.82) is 0 Å². The van der Waals surface area contributed by atoms with Crippen molar-refractivity contribution in [3.05, 3.63) is 64.2 Å². The van der Waals surface area contributed by atoms with Gasteiger partial charge >= 0.3 is 5.63 Å². The van der Waals surface area contributed by atoms with Crippen molar-refractivity contribution in [2.24, 2.45) is 0 Å². The van der Waals surface area contributed by atoms with Gasteiger partial charge in [-0.2, -0.15) is 0 Å². The number of benzene rings is 1. The molecule has 1 amide bonds. The lowest BCUT2D eigenvalue weighted by Crippen LogP contribution is -2.26. The average molecular weight is 273 g/mol. The highest BCUT2D eigenvalue weighted by Crippen LogP contribution is 2.17. The molecule has 0 fully saturated rings. The van der Waals surface area contributed by atoms with Gasteiger partial charge in [0.15, 0.2) is 0 Å². The second kappa shape index (κ2) is 6.56. The number of carbonyl (C=O) groups is 1. The molecule has 0 unspecified atom stereocenters. The Morgan fingerprint density at radius 2 is 2.05 bits per heavy atom. The normalized spacial score (nSPS) is 10.1. The minimum absolute atomic E-state index is 0.274. The van der Waals surface area contributed by atoms with E-state index in [1.54, 1.807) is 7.11 Å². The Morgan fingerprint density at radius 3 is 2.75 bits per heavy atom. The SMILES string of the molecule is COc1ccccc1CCNC(=O)c1ccc(=O)oc1. The summed E-state index contributed by atoms with van der Waals surface area (Å²) in [6, 6.07) is 10.3. The molecule has 104 valence electrons. The van der Waals surface area contributed by atoms with Crippen LogP contribution in [0.5, 0.6) is 5.75 Å². The zero-order valence-corrected chi connectivity index (χ0v) is 11.1. The number of para-hydroxylation sites is 1. The third kappa shape index (κ3) is 3.47. The molecule has 0 aliphatic rings. The van der Waals surface area contributed by atoms with E-state index in [4.69, 9.17) is 4.74 Å². The van der Waals surface area contributed by atoms with Crippen molar-refractivity contribution in [2.45, 2.75) is 6.42 Å². The topological polar surface area (TPSA) is 68.5 Å². The van der Waals surface area contributed by atoms with Crippen molar-refractivity contribution >= 4 is 5.91 Å². The summed E-state index contributed by atoms with van der Waals surface area (Å²) in [4.78, 5) is 22.6. The van der Waals surface area contributed by atoms with Crippen LogP contribution in [0.25, 0.3) is 0 Å². The van der Waals surface area contributed by atoms with Gasteiger partial charge in [0.2, 0.25) is 0 Å². The minimum atomic E-state index is -0.476. The van der Waals surface area contributed by atoms with Crippen LogP contribution in [-0.2, 0) is 6.42 Å². The molecule has 1 aromatic heterocycles. The van der Waals surface area contributed by atoms with Crippen LogP contribution in [0, 0.1) is 0 Å². The van der Waals surface area contributed by atoms with E-state index >= 15 is 0 Å². The minimum Gasteiger partial charge on any atom is -0.496 e. The van der Waals surface area contributed by atoms with Crippen LogP contribution in [0.3, 0.4) is 0 Å². The maximum Gasteiger partial charge on any atom is 0.335 e. The van der Waals surface area contributed by atoms with Crippen LogP contribution in [-0.4, -0.2) is 19.6 Å². The second-order valence-corrected chi connectivity index (χ2v) is 4.16. The van der Waals surface area contributed by atoms with Crippen molar-refractivity contribution in [3.8, 4) is 5.75 Å². The predicted octanol–water partition coefficient (Wildman–Crippen LogP) is 1.62. The maximum atomic E-state index is 11.8. The summed E-state index contributed by atoms with van der Waals surface area (Å²) >= 11 is 0. The number of methoxy groups -OCH3 is 1. The number of hydrogen-bond donors (Lipinski definition) is 1. The van der Waals surface area contributed by atoms with Crippen LogP contribution >= 0.6 is 0 Å². The first-order chi connectivity index (χ1) is 9.70. The van der Waals surface area contributed by atoms with E-state index in [0.717, 1.165) is 17.6 Å². The molecule has 0 atom stereocenters. The first-order valence-electron chi connectivity index (χ1n) is 6.19. The molecule has 5 nitrogen and oxygen atoms in total. The van der Waals surface area contributed by atoms with E-state index in [1.807, 2.05) is 24.3 Å². The summed E-state index contributed by atoms with van der Waals surface area (Å²) in [5.41, 5.74) is 0.870. The molecule has 0 bridgehead atoms. The fourth-order valence-corrected chi connectivity index (χ4v) is 1.81. The number of amides is 1. The molecule has 0 saturated heterocycles. The second-order valence-electron chi connectivity index (χ2n) is 4.16. The highest BCUT2D eigenvalue weighted by Gasteiger charge is 2.07. The first kappa shape index (κ1) is 13.9. The van der Waals surface area contributed by atoms with Gasteiger partial charge in [0.1, 0.15) is 12.0 Å². The Morgan fingerprint density at radius 1 is 1.25 bits per heavy atom. The lowest BCUT2D eigenvalue weighted by atomic mass is 10.1. The van der Waals surface area contributed by atoms with E-state index < -0.39 is 5.63 Å². The molecule has 20 heavy (non-hydrogen) atoms. The van der Waals surface area contributed by atoms with Gasteiger partial charge in [-0.05, 0) is 24.1 Å². The average Bonchev–Trinajstić information content (AvgIpc) is 2.48. The zero-order chi connectivity index (χ0) is 14.4. The number of hydrogen-bond acceptors (Lipinski definition) is 4. The molecule has 0 spiro atoms. The molecular formula is C15H15NO4. The molecule has 2 rings (SSSR count). The van der Waals surface area contributed by atoms with E-state index in [1.165, 1.54) is 12.1 Å². The number of ether oxygens (including phenoxy) is 1. The number of nitrogens with one attached hydrogen (secondary N) is 1. The van der Waals surface area contributed by atoms with Crippen LogP contribution in [0.15, 0.2) is 51.9 Å². The summed E-state index contributed by atoms with van der Waals surface area (Å²) < 4.78 is 9.88. The Kier molecular flexibility index (Phi) is 4.55. The zero-order valence-electron chi connectivity index (χ0n) is 11.1. The fraction of sp³-hybridized carbons (Fsp3) is 0.200. The number of carbonyl (C=O) groups excluding carboxylic acids is 1. The molecule has 1 N–H and O–H groups in total. The first-order valence-corrected chi connectivity index (χ1v) is 6.19. The van der Waals surface area contributed by atoms with Gasteiger partial charge in [-0.1, -0.05) is 18.2 Å². The third-order valence-electron chi connectivity index (χ3n) is 2.84. The summed E-state index contributed by atoms with van der Waals surface area (Å²) in [6.45, 7) is 0.471. The lowest BCUT2D eigenvalue weighted by Gasteiger charge is -2.08. The van der Waals surface area contributed by atoms with Gasteiger partial charge in [0.25, 0.3) is 5.91 Å². The third-order valence-corrected chi connectivity index (χ3v) is 2.84. The van der Waals surface area contributed by atoms with Gasteiger partial charge in [0.05, 0.1) is 12.7 Å². The molecule has 5 heteroatoms. The quantitative estimate of drug-likeness (QED) is 0.898. The molecule has 1 heterocycles. The van der Waals surface area contributed by atoms with E-state index in [-0.39, 0.29) is 5.91 Å². The largest absolute Gasteiger partial charge is 0.496 e. The Balaban J connectivity index is 1.91. The van der Waals surface area contributed by atoms with Crippen LogP contribution in [0.1, 0.15) is 15.9 Å². The summed E-state index contributed by atoms with van der Waals surface area (Å²) in [5, 5.41) is 2.76. The predicted molar refractivity (Wildman–Crippen MR) is 74.0 cm³/mol. The van der Waals surface area contributed by atoms with Gasteiger partial charge in [-0.3, -0.25) is 4.79 Å². The van der Waals surface area contributed by atoms with E-state index in [9.17, 15) is 9.59 Å². The monoisotopic (exact) mass is 273 g/mol. The molecule has 0 aliphatic heterocycles. The molecule has 1 aromatic carbocycles. The van der Waals surface area contributed by atoms with Crippen molar-refractivity contribution < 1.29 is 13.9 Å². The van der Waals surface area contributed by atoms with Crippen molar-refractivity contribution in [2.75, 3.05) is 13.7 Å². The van der Waals surface area contributed by atoms with Gasteiger partial charge in [0, 0.05) is 12.6 Å². The molecule has 0 aliphatic carbocycles. The summed E-state index contributed by atoms with van der Waals surface area (Å²) in [5.74, 6) is 0.524. The Bertz CT molecular complexity index is 628. The van der Waals surface area contributed by atoms with Crippen LogP contribution in [0.4, 0.5) is 0 Å². The lowest BCUT2D eigenvalue weighted by molar-refractivity contribution is 0.0951. The molecule has 0 radical (unpaired) electrons. The van der Waals surface area contributed by atoms with E-state index in [0.29, 0.717) is 18.5 Å². The van der Waals surface area contributed by atoms with Crippen molar-refractivity contribution in [1.82, 2.24) is 5.32 Å². The molecule has 2 aromatic rings. The van der Waals surface area contributed by atoms with Gasteiger partial charge in [-0.25, -0.2) is 4.79 Å². The molecule has 0 saturated carbocycles. The summed E-state index contributed by atoms with van der Waals surface area (Å²) in [7, 11) is 1.61. The van der Waals surface area contributed by atoms with Crippen LogP contribution in [0.2, 0.25) is 0 Å². The fourth-order valence-electron chi connectivity index (χ4n) is 1.81. The van der Waals surface area contributed by atoms with Crippen LogP contribution < -0.4 is 15.7 Å². The van der Waals surface area contributed by atoms with E-state index in [2.05, 4.69) is 9.73 Å². The highest BCUT2D eigenvalue weighted by molar-refractivity contribution is 5.93. The van der Waals surface area contributed by atoms with Gasteiger partial charge < -0.3 is 14.5 Å². The number of rotatable bonds is 5. The Hall–Kier alpha value is -2.56. The highest BCUT2D eigenvalue weighted by atomic mass is 16.5.